The molecule has 1 aromatic rings. The second kappa shape index (κ2) is 8.30. The second-order valence-electron chi connectivity index (χ2n) is 9.07. The van der Waals surface area contributed by atoms with E-state index in [-0.39, 0.29) is 17.9 Å². The number of allylic oxidation sites excluding steroid dienone is 3. The number of carbonyl (C=O) groups excluding carboxylic acids is 1. The minimum Gasteiger partial charge on any atom is -0.378 e. The highest BCUT2D eigenvalue weighted by molar-refractivity contribution is 5.85. The summed E-state index contributed by atoms with van der Waals surface area (Å²) in [6, 6.07) is -0.534. The molecule has 178 valence electrons. The Hall–Kier alpha value is -2.63. The minimum atomic E-state index is -3.02. The van der Waals surface area contributed by atoms with Gasteiger partial charge in [0.2, 0.25) is 5.95 Å². The predicted molar refractivity (Wildman–Crippen MR) is 117 cm³/mol. The van der Waals surface area contributed by atoms with Crippen molar-refractivity contribution >= 4 is 17.7 Å². The lowest BCUT2D eigenvalue weighted by molar-refractivity contribution is -0.152. The number of ether oxygens (including phenoxy) is 2. The first-order chi connectivity index (χ1) is 15.8. The molecular formula is C22H28F2N6O3. The van der Waals surface area contributed by atoms with Crippen LogP contribution in [0.1, 0.15) is 12.0 Å². The summed E-state index contributed by atoms with van der Waals surface area (Å²) in [6.07, 6.45) is 5.33. The van der Waals surface area contributed by atoms with Gasteiger partial charge in [-0.05, 0) is 25.5 Å². The molecule has 0 spiro atoms. The number of hydrogen-bond donors (Lipinski definition) is 2. The SMILES string of the molecule is COC1CN(c2ncc(C)c(NC3=CC=C4C(C3)C3NCC(F)(F)COC3C(=O)N4C)n2)C1. The van der Waals surface area contributed by atoms with Gasteiger partial charge in [0.15, 0.2) is 6.10 Å². The largest absolute Gasteiger partial charge is 0.378 e. The van der Waals surface area contributed by atoms with Crippen molar-refractivity contribution in [2.75, 3.05) is 50.6 Å². The van der Waals surface area contributed by atoms with Crippen molar-refractivity contribution in [1.29, 1.82) is 0 Å². The number of amides is 1. The number of aryl methyl sites for hydroxylation is 1. The molecular weight excluding hydrogens is 434 g/mol. The second-order valence-corrected chi connectivity index (χ2v) is 9.07. The van der Waals surface area contributed by atoms with Crippen LogP contribution in [0, 0.1) is 12.8 Å². The molecule has 0 saturated carbocycles. The number of halogens is 2. The Morgan fingerprint density at radius 2 is 2.12 bits per heavy atom. The molecule has 9 nitrogen and oxygen atoms in total. The quantitative estimate of drug-likeness (QED) is 0.692. The summed E-state index contributed by atoms with van der Waals surface area (Å²) >= 11 is 0. The third kappa shape index (κ3) is 4.09. The van der Waals surface area contributed by atoms with E-state index in [9.17, 15) is 13.6 Å². The summed E-state index contributed by atoms with van der Waals surface area (Å²) in [6.45, 7) is 2.13. The molecule has 5 rings (SSSR count). The van der Waals surface area contributed by atoms with E-state index >= 15 is 0 Å². The number of piperidine rings is 1. The smallest absolute Gasteiger partial charge is 0.283 e. The molecule has 4 heterocycles. The van der Waals surface area contributed by atoms with Crippen molar-refractivity contribution in [1.82, 2.24) is 20.2 Å². The van der Waals surface area contributed by atoms with Crippen molar-refractivity contribution in [3.63, 3.8) is 0 Å². The number of carbonyl (C=O) groups is 1. The Labute approximate surface area is 190 Å². The fraction of sp³-hybridized carbons (Fsp3) is 0.591. The molecule has 1 aromatic heterocycles. The molecule has 11 heteroatoms. The van der Waals surface area contributed by atoms with Gasteiger partial charge in [0.1, 0.15) is 12.4 Å². The summed E-state index contributed by atoms with van der Waals surface area (Å²) in [5, 5.41) is 6.30. The van der Waals surface area contributed by atoms with Gasteiger partial charge in [-0.25, -0.2) is 13.8 Å². The summed E-state index contributed by atoms with van der Waals surface area (Å²) in [5.41, 5.74) is 2.57. The number of likely N-dealkylation sites (N-methyl/N-ethyl adjacent to an activating group) is 1. The van der Waals surface area contributed by atoms with Gasteiger partial charge in [-0.15, -0.1) is 0 Å². The van der Waals surface area contributed by atoms with E-state index in [1.807, 2.05) is 24.0 Å². The molecule has 3 saturated heterocycles. The van der Waals surface area contributed by atoms with Crippen LogP contribution in [-0.2, 0) is 14.3 Å². The van der Waals surface area contributed by atoms with Crippen LogP contribution in [0.3, 0.4) is 0 Å². The zero-order valence-corrected chi connectivity index (χ0v) is 18.8. The molecule has 0 bridgehead atoms. The van der Waals surface area contributed by atoms with Gasteiger partial charge in [0.05, 0.1) is 18.7 Å². The van der Waals surface area contributed by atoms with E-state index in [2.05, 4.69) is 20.6 Å². The third-order valence-corrected chi connectivity index (χ3v) is 6.77. The standard InChI is InChI=1S/C22H28F2N6O3/c1-12-7-25-21(30-8-14(9-30)32-3)28-19(12)27-13-4-5-16-15(6-13)17-18(20(31)29(16)2)33-11-22(23,24)10-26-17/h4-5,7,14-15,17-18,26H,6,8-11H2,1-3H3,(H,25,27,28). The van der Waals surface area contributed by atoms with Crippen LogP contribution in [0.15, 0.2) is 29.7 Å². The molecule has 0 radical (unpaired) electrons. The minimum absolute atomic E-state index is 0.191. The molecule has 2 N–H and O–H groups in total. The summed E-state index contributed by atoms with van der Waals surface area (Å²) < 4.78 is 38.7. The summed E-state index contributed by atoms with van der Waals surface area (Å²) in [7, 11) is 3.36. The molecule has 4 aliphatic rings. The van der Waals surface area contributed by atoms with E-state index in [1.54, 1.807) is 20.4 Å². The van der Waals surface area contributed by atoms with Gasteiger partial charge in [-0.2, -0.15) is 4.98 Å². The fourth-order valence-electron chi connectivity index (χ4n) is 4.73. The summed E-state index contributed by atoms with van der Waals surface area (Å²) in [4.78, 5) is 25.5. The monoisotopic (exact) mass is 462 g/mol. The van der Waals surface area contributed by atoms with Crippen molar-refractivity contribution in [2.24, 2.45) is 5.92 Å². The van der Waals surface area contributed by atoms with Crippen LogP contribution in [0.2, 0.25) is 0 Å². The lowest BCUT2D eigenvalue weighted by Gasteiger charge is -2.44. The zero-order valence-electron chi connectivity index (χ0n) is 18.8. The average Bonchev–Trinajstić information content (AvgIpc) is 2.92. The first-order valence-electron chi connectivity index (χ1n) is 11.1. The van der Waals surface area contributed by atoms with Gasteiger partial charge in [-0.1, -0.05) is 0 Å². The van der Waals surface area contributed by atoms with E-state index in [4.69, 9.17) is 9.47 Å². The lowest BCUT2D eigenvalue weighted by atomic mass is 9.80. The Morgan fingerprint density at radius 3 is 2.88 bits per heavy atom. The first kappa shape index (κ1) is 22.2. The number of aromatic nitrogens is 2. The lowest BCUT2D eigenvalue weighted by Crippen LogP contribution is -2.59. The molecule has 3 atom stereocenters. The van der Waals surface area contributed by atoms with E-state index in [0.717, 1.165) is 30.0 Å². The number of nitrogens with one attached hydrogen (secondary N) is 2. The maximum atomic E-state index is 14.0. The average molecular weight is 463 g/mol. The Morgan fingerprint density at radius 1 is 1.33 bits per heavy atom. The molecule has 3 aliphatic heterocycles. The van der Waals surface area contributed by atoms with Crippen LogP contribution in [0.5, 0.6) is 0 Å². The number of methoxy groups -OCH3 is 1. The Bertz CT molecular complexity index is 1010. The Balaban J connectivity index is 1.36. The van der Waals surface area contributed by atoms with Crippen LogP contribution in [0.25, 0.3) is 0 Å². The number of hydrogen-bond acceptors (Lipinski definition) is 8. The highest BCUT2D eigenvalue weighted by Gasteiger charge is 2.50. The van der Waals surface area contributed by atoms with Gasteiger partial charge in [0.25, 0.3) is 11.8 Å². The predicted octanol–water partition coefficient (Wildman–Crippen LogP) is 1.28. The number of alkyl halides is 2. The topological polar surface area (TPSA) is 91.8 Å². The van der Waals surface area contributed by atoms with E-state index in [1.165, 1.54) is 4.90 Å². The van der Waals surface area contributed by atoms with E-state index < -0.39 is 31.2 Å². The number of rotatable bonds is 4. The number of anilines is 2. The van der Waals surface area contributed by atoms with Gasteiger partial charge in [0, 0.05) is 56.3 Å². The van der Waals surface area contributed by atoms with Crippen molar-refractivity contribution in [2.45, 2.75) is 37.5 Å². The van der Waals surface area contributed by atoms with Gasteiger partial charge in [-0.3, -0.25) is 4.79 Å². The highest BCUT2D eigenvalue weighted by Crippen LogP contribution is 2.38. The zero-order chi connectivity index (χ0) is 23.3. The van der Waals surface area contributed by atoms with E-state index in [0.29, 0.717) is 18.2 Å². The normalized spacial score (nSPS) is 29.4. The van der Waals surface area contributed by atoms with Crippen LogP contribution in [-0.4, -0.2) is 85.3 Å². The van der Waals surface area contributed by atoms with Crippen LogP contribution in [0.4, 0.5) is 20.5 Å². The molecule has 33 heavy (non-hydrogen) atoms. The highest BCUT2D eigenvalue weighted by atomic mass is 19.3. The first-order valence-corrected chi connectivity index (χ1v) is 11.1. The third-order valence-electron chi connectivity index (χ3n) is 6.77. The number of nitrogens with zero attached hydrogens (tertiary/aromatic N) is 4. The maximum absolute atomic E-state index is 14.0. The molecule has 3 unspecified atom stereocenters. The Kier molecular flexibility index (Phi) is 5.58. The molecule has 3 fully saturated rings. The fourth-order valence-corrected chi connectivity index (χ4v) is 4.73. The van der Waals surface area contributed by atoms with Crippen molar-refractivity contribution < 1.29 is 23.0 Å². The van der Waals surface area contributed by atoms with Gasteiger partial charge < -0.3 is 29.9 Å². The molecule has 1 aliphatic carbocycles. The summed E-state index contributed by atoms with van der Waals surface area (Å²) in [5.74, 6) is -2.19. The van der Waals surface area contributed by atoms with Crippen LogP contribution < -0.4 is 15.5 Å². The number of fused-ring (bicyclic) bond motifs is 3. The maximum Gasteiger partial charge on any atom is 0.283 e. The van der Waals surface area contributed by atoms with Gasteiger partial charge >= 0.3 is 0 Å². The van der Waals surface area contributed by atoms with Crippen molar-refractivity contribution in [3.8, 4) is 0 Å². The molecule has 0 aromatic carbocycles. The van der Waals surface area contributed by atoms with Crippen LogP contribution >= 0.6 is 0 Å². The number of likely N-dealkylation sites (tertiary alicyclic amines) is 1. The molecule has 1 amide bonds. The van der Waals surface area contributed by atoms with Crippen molar-refractivity contribution in [3.05, 3.63) is 35.3 Å².